The summed E-state index contributed by atoms with van der Waals surface area (Å²) in [6, 6.07) is 4.35. The lowest BCUT2D eigenvalue weighted by Gasteiger charge is -1.97. The number of thiophene rings is 1. The lowest BCUT2D eigenvalue weighted by atomic mass is 10.4. The third-order valence-corrected chi connectivity index (χ3v) is 3.69. The maximum Gasteiger partial charge on any atom is 0.202 e. The van der Waals surface area contributed by atoms with Gasteiger partial charge in [-0.05, 0) is 18.6 Å². The van der Waals surface area contributed by atoms with Crippen LogP contribution in [0.5, 0.6) is 0 Å². The second-order valence-electron chi connectivity index (χ2n) is 2.82. The molecular weight excluding hydrogens is 214 g/mol. The highest BCUT2D eigenvalue weighted by molar-refractivity contribution is 7.12. The first-order valence-electron chi connectivity index (χ1n) is 4.46. The first-order chi connectivity index (χ1) is 6.88. The molecule has 2 heterocycles. The number of rotatable bonds is 4. The lowest BCUT2D eigenvalue weighted by molar-refractivity contribution is 1.17. The molecule has 0 spiro atoms. The first kappa shape index (κ1) is 9.61. The van der Waals surface area contributed by atoms with Gasteiger partial charge in [0.15, 0.2) is 0 Å². The summed E-state index contributed by atoms with van der Waals surface area (Å²) in [5.74, 6) is 0. The molecule has 2 aromatic heterocycles. The molecule has 2 rings (SSSR count). The second kappa shape index (κ2) is 4.52. The van der Waals surface area contributed by atoms with Gasteiger partial charge in [-0.15, -0.1) is 11.3 Å². The van der Waals surface area contributed by atoms with E-state index in [2.05, 4.69) is 33.7 Å². The normalized spacial score (nSPS) is 10.4. The van der Waals surface area contributed by atoms with Crippen molar-refractivity contribution >= 4 is 28.0 Å². The number of aromatic nitrogens is 2. The minimum absolute atomic E-state index is 0.847. The zero-order valence-electron chi connectivity index (χ0n) is 7.86. The van der Waals surface area contributed by atoms with Gasteiger partial charge in [-0.3, -0.25) is 0 Å². The summed E-state index contributed by atoms with van der Waals surface area (Å²) < 4.78 is 3.93. The fraction of sp³-hybridized carbons (Fsp3) is 0.333. The number of aryl methyl sites for hydroxylation is 1. The molecule has 0 aliphatic rings. The average molecular weight is 225 g/mol. The molecule has 14 heavy (non-hydrogen) atoms. The van der Waals surface area contributed by atoms with Gasteiger partial charge in [0.25, 0.3) is 0 Å². The van der Waals surface area contributed by atoms with E-state index in [4.69, 9.17) is 0 Å². The van der Waals surface area contributed by atoms with E-state index in [-0.39, 0.29) is 0 Å². The molecule has 0 bridgehead atoms. The summed E-state index contributed by atoms with van der Waals surface area (Å²) in [6.45, 7) is 3.02. The average Bonchev–Trinajstić information content (AvgIpc) is 2.86. The summed E-state index contributed by atoms with van der Waals surface area (Å²) in [5.41, 5.74) is 0. The van der Waals surface area contributed by atoms with Crippen LogP contribution in [0.25, 0.3) is 0 Å². The maximum atomic E-state index is 4.06. The van der Waals surface area contributed by atoms with Crippen molar-refractivity contribution in [3.63, 3.8) is 0 Å². The highest BCUT2D eigenvalue weighted by Crippen LogP contribution is 2.18. The van der Waals surface area contributed by atoms with E-state index in [1.54, 1.807) is 6.33 Å². The Kier molecular flexibility index (Phi) is 3.10. The van der Waals surface area contributed by atoms with Crippen molar-refractivity contribution in [3.05, 3.63) is 28.2 Å². The molecule has 0 aromatic carbocycles. The van der Waals surface area contributed by atoms with Crippen molar-refractivity contribution in [2.45, 2.75) is 19.9 Å². The van der Waals surface area contributed by atoms with Crippen LogP contribution in [-0.2, 0) is 13.0 Å². The molecule has 2 aromatic rings. The molecule has 0 amide bonds. The van der Waals surface area contributed by atoms with Gasteiger partial charge in [0, 0.05) is 21.3 Å². The van der Waals surface area contributed by atoms with Crippen molar-refractivity contribution in [1.29, 1.82) is 0 Å². The molecule has 5 heteroatoms. The Morgan fingerprint density at radius 3 is 2.86 bits per heavy atom. The standard InChI is InChI=1S/C9H11N3S2/c1-2-7-3-4-8(13-7)5-10-9-11-6-12-14-9/h3-4,6H,2,5H2,1H3,(H,10,11,12). The number of hydrogen-bond donors (Lipinski definition) is 1. The Morgan fingerprint density at radius 2 is 2.21 bits per heavy atom. The number of nitrogens with one attached hydrogen (secondary N) is 1. The summed E-state index contributed by atoms with van der Waals surface area (Å²) in [6.07, 6.45) is 2.68. The first-order valence-corrected chi connectivity index (χ1v) is 6.05. The van der Waals surface area contributed by atoms with Gasteiger partial charge < -0.3 is 5.32 Å². The van der Waals surface area contributed by atoms with E-state index >= 15 is 0 Å². The highest BCUT2D eigenvalue weighted by Gasteiger charge is 1.99. The van der Waals surface area contributed by atoms with Crippen LogP contribution in [-0.4, -0.2) is 9.36 Å². The molecule has 74 valence electrons. The number of hydrogen-bond acceptors (Lipinski definition) is 5. The zero-order chi connectivity index (χ0) is 9.80. The Morgan fingerprint density at radius 1 is 1.36 bits per heavy atom. The summed E-state index contributed by atoms with van der Waals surface area (Å²) in [5, 5.41) is 4.12. The van der Waals surface area contributed by atoms with Crippen molar-refractivity contribution in [1.82, 2.24) is 9.36 Å². The van der Waals surface area contributed by atoms with Crippen LogP contribution in [0, 0.1) is 0 Å². The van der Waals surface area contributed by atoms with Crippen molar-refractivity contribution < 1.29 is 0 Å². The van der Waals surface area contributed by atoms with Crippen molar-refractivity contribution in [3.8, 4) is 0 Å². The molecule has 0 fully saturated rings. The maximum absolute atomic E-state index is 4.06. The molecular formula is C9H11N3S2. The van der Waals surface area contributed by atoms with E-state index in [0.717, 1.165) is 18.1 Å². The molecule has 3 nitrogen and oxygen atoms in total. The number of anilines is 1. The van der Waals surface area contributed by atoms with Crippen LogP contribution in [0.3, 0.4) is 0 Å². The SMILES string of the molecule is CCc1ccc(CNc2ncns2)s1. The Bertz CT molecular complexity index is 380. The fourth-order valence-electron chi connectivity index (χ4n) is 1.12. The highest BCUT2D eigenvalue weighted by atomic mass is 32.1. The van der Waals surface area contributed by atoms with Crippen LogP contribution in [0.4, 0.5) is 5.13 Å². The van der Waals surface area contributed by atoms with Crippen molar-refractivity contribution in [2.75, 3.05) is 5.32 Å². The van der Waals surface area contributed by atoms with Crippen LogP contribution >= 0.6 is 22.9 Å². The largest absolute Gasteiger partial charge is 0.355 e. The Hall–Kier alpha value is -0.940. The summed E-state index contributed by atoms with van der Waals surface area (Å²) in [7, 11) is 0. The lowest BCUT2D eigenvalue weighted by Crippen LogP contribution is -1.95. The van der Waals surface area contributed by atoms with E-state index in [0.29, 0.717) is 0 Å². The second-order valence-corrected chi connectivity index (χ2v) is 4.85. The van der Waals surface area contributed by atoms with Gasteiger partial charge in [0.1, 0.15) is 6.33 Å². The van der Waals surface area contributed by atoms with Crippen LogP contribution < -0.4 is 5.32 Å². The van der Waals surface area contributed by atoms with Crippen LogP contribution in [0.15, 0.2) is 18.5 Å². The summed E-state index contributed by atoms with van der Waals surface area (Å²) in [4.78, 5) is 6.83. The molecule has 0 atom stereocenters. The zero-order valence-corrected chi connectivity index (χ0v) is 9.49. The number of nitrogens with zero attached hydrogens (tertiary/aromatic N) is 2. The quantitative estimate of drug-likeness (QED) is 0.869. The van der Waals surface area contributed by atoms with Gasteiger partial charge in [-0.2, -0.15) is 4.37 Å². The van der Waals surface area contributed by atoms with E-state index in [9.17, 15) is 0 Å². The fourth-order valence-corrected chi connectivity index (χ4v) is 2.44. The van der Waals surface area contributed by atoms with Gasteiger partial charge in [-0.25, -0.2) is 4.98 Å². The Balaban J connectivity index is 1.92. The molecule has 0 aliphatic heterocycles. The monoisotopic (exact) mass is 225 g/mol. The van der Waals surface area contributed by atoms with Gasteiger partial charge in [0.2, 0.25) is 5.13 Å². The molecule has 0 aliphatic carbocycles. The predicted octanol–water partition coefficient (Wildman–Crippen LogP) is 2.77. The Labute approximate surface area is 91.0 Å². The van der Waals surface area contributed by atoms with Crippen LogP contribution in [0.2, 0.25) is 0 Å². The third kappa shape index (κ3) is 2.30. The topological polar surface area (TPSA) is 37.8 Å². The molecule has 1 N–H and O–H groups in total. The van der Waals surface area contributed by atoms with Crippen molar-refractivity contribution in [2.24, 2.45) is 0 Å². The van der Waals surface area contributed by atoms with E-state index in [1.165, 1.54) is 21.3 Å². The predicted molar refractivity (Wildman–Crippen MR) is 60.9 cm³/mol. The molecule has 0 saturated carbocycles. The summed E-state index contributed by atoms with van der Waals surface area (Å²) >= 11 is 3.24. The van der Waals surface area contributed by atoms with Gasteiger partial charge in [0.05, 0.1) is 6.54 Å². The molecule has 0 radical (unpaired) electrons. The molecule has 0 unspecified atom stereocenters. The minimum Gasteiger partial charge on any atom is -0.355 e. The minimum atomic E-state index is 0.847. The van der Waals surface area contributed by atoms with E-state index in [1.807, 2.05) is 11.3 Å². The third-order valence-electron chi connectivity index (χ3n) is 1.84. The van der Waals surface area contributed by atoms with E-state index < -0.39 is 0 Å². The molecule has 0 saturated heterocycles. The van der Waals surface area contributed by atoms with Gasteiger partial charge in [-0.1, -0.05) is 6.92 Å². The van der Waals surface area contributed by atoms with Gasteiger partial charge >= 0.3 is 0 Å². The smallest absolute Gasteiger partial charge is 0.202 e. The van der Waals surface area contributed by atoms with Crippen LogP contribution in [0.1, 0.15) is 16.7 Å².